The number of hydrogen-bond acceptors (Lipinski definition) is 8. The van der Waals surface area contributed by atoms with Gasteiger partial charge in [0.15, 0.2) is 11.5 Å². The molecule has 4 aromatic carbocycles. The maximum Gasteiger partial charge on any atom is 0.349 e. The van der Waals surface area contributed by atoms with E-state index in [1.165, 1.54) is 22.7 Å². The van der Waals surface area contributed by atoms with Gasteiger partial charge in [-0.3, -0.25) is 0 Å². The number of anilines is 6. The first-order valence-corrected chi connectivity index (χ1v) is 16.2. The third kappa shape index (κ3) is 4.90. The summed E-state index contributed by atoms with van der Waals surface area (Å²) in [7, 11) is 0. The number of ether oxygens (including phenoxy) is 2. The first-order valence-electron chi connectivity index (χ1n) is 14.6. The molecule has 0 atom stereocenters. The Balaban J connectivity index is 1.17. The fraction of sp³-hybridized carbons (Fsp3) is 0. The average molecular weight is 637 g/mol. The molecule has 8 heteroatoms. The molecule has 0 unspecified atom stereocenters. The molecule has 0 spiro atoms. The molecule has 0 N–H and O–H groups in total. The molecule has 0 radical (unpaired) electrons. The summed E-state index contributed by atoms with van der Waals surface area (Å²) < 4.78 is 11.5. The van der Waals surface area contributed by atoms with Crippen molar-refractivity contribution in [2.75, 3.05) is 9.80 Å². The van der Waals surface area contributed by atoms with E-state index >= 15 is 0 Å². The van der Waals surface area contributed by atoms with Crippen LogP contribution in [0.15, 0.2) is 157 Å². The lowest BCUT2D eigenvalue weighted by Crippen LogP contribution is -2.07. The molecule has 0 saturated carbocycles. The summed E-state index contributed by atoms with van der Waals surface area (Å²) in [6.45, 7) is 0. The molecule has 46 heavy (non-hydrogen) atoms. The Morgan fingerprint density at radius 3 is 1.00 bits per heavy atom. The van der Waals surface area contributed by atoms with Gasteiger partial charge in [-0.25, -0.2) is 9.59 Å². The topological polar surface area (TPSA) is 59.1 Å². The molecule has 6 aromatic rings. The van der Waals surface area contributed by atoms with Crippen LogP contribution in [-0.2, 0) is 19.1 Å². The van der Waals surface area contributed by atoms with Crippen molar-refractivity contribution in [1.29, 1.82) is 0 Å². The number of esters is 2. The zero-order chi connectivity index (χ0) is 31.0. The fourth-order valence-corrected chi connectivity index (χ4v) is 7.75. The van der Waals surface area contributed by atoms with E-state index in [1.807, 2.05) is 146 Å². The van der Waals surface area contributed by atoms with Crippen LogP contribution in [0.1, 0.15) is 9.75 Å². The minimum atomic E-state index is -0.540. The number of nitrogens with zero attached hydrogens (tertiary/aromatic N) is 2. The van der Waals surface area contributed by atoms with Gasteiger partial charge in [0.2, 0.25) is 0 Å². The van der Waals surface area contributed by atoms with Crippen molar-refractivity contribution >= 4 is 78.5 Å². The number of thiophene rings is 2. The average Bonchev–Trinajstić information content (AvgIpc) is 3.88. The van der Waals surface area contributed by atoms with Gasteiger partial charge >= 0.3 is 11.9 Å². The zero-order valence-electron chi connectivity index (χ0n) is 24.2. The van der Waals surface area contributed by atoms with Crippen LogP contribution in [0.25, 0.3) is 11.1 Å². The van der Waals surface area contributed by atoms with Crippen LogP contribution in [0.3, 0.4) is 0 Å². The smallest absolute Gasteiger partial charge is 0.349 e. The third-order valence-corrected chi connectivity index (χ3v) is 9.81. The van der Waals surface area contributed by atoms with Gasteiger partial charge in [0.25, 0.3) is 0 Å². The molecule has 222 valence electrons. The van der Waals surface area contributed by atoms with E-state index in [4.69, 9.17) is 9.47 Å². The van der Waals surface area contributed by atoms with Gasteiger partial charge in [-0.1, -0.05) is 72.8 Å². The summed E-state index contributed by atoms with van der Waals surface area (Å²) in [6, 6.07) is 47.8. The van der Waals surface area contributed by atoms with Crippen LogP contribution in [-0.4, -0.2) is 11.9 Å². The van der Waals surface area contributed by atoms with E-state index in [1.54, 1.807) is 0 Å². The molecule has 2 aliphatic rings. The lowest BCUT2D eigenvalue weighted by molar-refractivity contribution is -0.131. The van der Waals surface area contributed by atoms with Crippen molar-refractivity contribution < 1.29 is 19.1 Å². The van der Waals surface area contributed by atoms with Crippen molar-refractivity contribution in [3.63, 3.8) is 0 Å². The highest BCUT2D eigenvalue weighted by atomic mass is 32.1. The molecule has 0 aliphatic carbocycles. The highest BCUT2D eigenvalue weighted by Crippen LogP contribution is 2.49. The summed E-state index contributed by atoms with van der Waals surface area (Å²) in [5, 5.41) is 1.81. The maximum absolute atomic E-state index is 13.4. The molecular formula is C38H24N2O4S2. The summed E-state index contributed by atoms with van der Waals surface area (Å²) >= 11 is 2.86. The summed E-state index contributed by atoms with van der Waals surface area (Å²) in [4.78, 5) is 32.3. The second kappa shape index (κ2) is 11.7. The number of hydrogen-bond donors (Lipinski definition) is 0. The molecular weight excluding hydrogens is 613 g/mol. The third-order valence-electron chi connectivity index (χ3n) is 7.63. The Morgan fingerprint density at radius 1 is 0.391 bits per heavy atom. The summed E-state index contributed by atoms with van der Waals surface area (Å²) in [5.41, 5.74) is 4.44. The zero-order valence-corrected chi connectivity index (χ0v) is 25.8. The molecule has 2 aromatic heterocycles. The Bertz CT molecular complexity index is 1900. The Hall–Kier alpha value is -5.70. The molecule has 2 aliphatic heterocycles. The van der Waals surface area contributed by atoms with Gasteiger partial charge in [-0.15, -0.1) is 22.7 Å². The second-order valence-corrected chi connectivity index (χ2v) is 12.6. The Labute approximate surface area is 273 Å². The van der Waals surface area contributed by atoms with Gasteiger partial charge in [-0.2, -0.15) is 0 Å². The van der Waals surface area contributed by atoms with Gasteiger partial charge in [-0.05, 0) is 72.8 Å². The molecule has 0 bridgehead atoms. The lowest BCUT2D eigenvalue weighted by atomic mass is 10.1. The number of para-hydroxylation sites is 4. The minimum absolute atomic E-state index is 0.169. The van der Waals surface area contributed by atoms with Crippen LogP contribution >= 0.6 is 22.7 Å². The highest BCUT2D eigenvalue weighted by Gasteiger charge is 2.45. The molecule has 4 heterocycles. The van der Waals surface area contributed by atoms with Crippen LogP contribution in [0.2, 0.25) is 0 Å². The van der Waals surface area contributed by atoms with Crippen molar-refractivity contribution in [3.05, 3.63) is 167 Å². The number of carbonyl (C=O) groups excluding carboxylic acids is 2. The number of carbonyl (C=O) groups is 2. The largest absolute Gasteiger partial charge is 0.418 e. The fourth-order valence-electron chi connectivity index (χ4n) is 5.60. The quantitative estimate of drug-likeness (QED) is 0.155. The van der Waals surface area contributed by atoms with Crippen molar-refractivity contribution in [2.45, 2.75) is 0 Å². The monoisotopic (exact) mass is 636 g/mol. The predicted octanol–water partition coefficient (Wildman–Crippen LogP) is 9.99. The van der Waals surface area contributed by atoms with Gasteiger partial charge in [0.1, 0.15) is 21.1 Å². The number of fused-ring (bicyclic) bond motifs is 1. The van der Waals surface area contributed by atoms with Crippen molar-refractivity contribution in [2.24, 2.45) is 0 Å². The summed E-state index contributed by atoms with van der Waals surface area (Å²) in [5.74, 6) is -0.743. The predicted molar refractivity (Wildman–Crippen MR) is 184 cm³/mol. The lowest BCUT2D eigenvalue weighted by Gasteiger charge is -2.23. The molecule has 0 amide bonds. The second-order valence-electron chi connectivity index (χ2n) is 10.5. The van der Waals surface area contributed by atoms with E-state index in [9.17, 15) is 9.59 Å². The Kier molecular flexibility index (Phi) is 7.05. The van der Waals surface area contributed by atoms with Gasteiger partial charge in [0.05, 0.1) is 0 Å². The molecule has 8 rings (SSSR count). The van der Waals surface area contributed by atoms with E-state index in [-0.39, 0.29) is 22.7 Å². The van der Waals surface area contributed by atoms with Crippen LogP contribution < -0.4 is 9.80 Å². The molecule has 0 saturated heterocycles. The van der Waals surface area contributed by atoms with E-state index in [0.29, 0.717) is 9.75 Å². The first kappa shape index (κ1) is 27.8. The first-order chi connectivity index (χ1) is 22.7. The highest BCUT2D eigenvalue weighted by molar-refractivity contribution is 7.18. The van der Waals surface area contributed by atoms with Gasteiger partial charge in [0, 0.05) is 32.5 Å². The van der Waals surface area contributed by atoms with Crippen molar-refractivity contribution in [1.82, 2.24) is 0 Å². The molecule has 0 fully saturated rings. The number of benzene rings is 4. The molecule has 6 nitrogen and oxygen atoms in total. The van der Waals surface area contributed by atoms with Crippen LogP contribution in [0.5, 0.6) is 0 Å². The summed E-state index contributed by atoms with van der Waals surface area (Å²) in [6.07, 6.45) is 0. The van der Waals surface area contributed by atoms with E-state index in [2.05, 4.69) is 9.80 Å². The Morgan fingerprint density at radius 2 is 0.696 bits per heavy atom. The van der Waals surface area contributed by atoms with Crippen LogP contribution in [0.4, 0.5) is 32.8 Å². The maximum atomic E-state index is 13.4. The van der Waals surface area contributed by atoms with Crippen LogP contribution in [0, 0.1) is 0 Å². The van der Waals surface area contributed by atoms with Gasteiger partial charge < -0.3 is 19.3 Å². The van der Waals surface area contributed by atoms with E-state index in [0.717, 1.165) is 32.8 Å². The van der Waals surface area contributed by atoms with Crippen molar-refractivity contribution in [3.8, 4) is 0 Å². The SMILES string of the molecule is O=C1OC2=C(c3ccc(N(c4ccccc4)c4ccccc4)s3)C(=O)OC2=C1c1ccc(N(c2ccccc2)c2ccccc2)s1. The normalized spacial score (nSPS) is 13.9. The van der Waals surface area contributed by atoms with E-state index < -0.39 is 11.9 Å². The minimum Gasteiger partial charge on any atom is -0.418 e. The number of rotatable bonds is 8. The standard InChI is InChI=1S/C38H24N2O4S2/c41-37-33(29-21-23-31(45-29)39(25-13-5-1-6-14-25)26-15-7-2-8-16-26)35-36(44-37)34(38(42)43-35)30-22-24-32(46-30)40(27-17-9-3-10-18-27)28-19-11-4-12-20-28/h1-24H.